The van der Waals surface area contributed by atoms with Crippen LogP contribution in [0.15, 0.2) is 28.2 Å². The lowest BCUT2D eigenvalue weighted by Gasteiger charge is -1.97. The summed E-state index contributed by atoms with van der Waals surface area (Å²) in [5, 5.41) is 1.42. The Labute approximate surface area is 98.9 Å². The van der Waals surface area contributed by atoms with Crippen molar-refractivity contribution in [3.05, 3.63) is 33.2 Å². The van der Waals surface area contributed by atoms with E-state index in [4.69, 9.17) is 17.3 Å². The highest BCUT2D eigenvalue weighted by Crippen LogP contribution is 2.33. The van der Waals surface area contributed by atoms with Crippen molar-refractivity contribution in [2.45, 2.75) is 0 Å². The maximum atomic E-state index is 5.80. The van der Waals surface area contributed by atoms with Gasteiger partial charge in [-0.1, -0.05) is 35.1 Å². The second-order valence-corrected chi connectivity index (χ2v) is 5.43. The lowest BCUT2D eigenvalue weighted by Crippen LogP contribution is -1.85. The number of nitrogens with zero attached hydrogens (tertiary/aromatic N) is 1. The molecule has 0 fully saturated rings. The van der Waals surface area contributed by atoms with Gasteiger partial charge in [0.15, 0.2) is 3.92 Å². The number of aromatic nitrogens is 1. The van der Waals surface area contributed by atoms with Gasteiger partial charge in [-0.3, -0.25) is 0 Å². The third-order valence-corrected chi connectivity index (χ3v) is 3.33. The summed E-state index contributed by atoms with van der Waals surface area (Å²) in [5.74, 6) is 0. The van der Waals surface area contributed by atoms with Gasteiger partial charge < -0.3 is 5.73 Å². The van der Waals surface area contributed by atoms with Crippen LogP contribution >= 0.6 is 38.9 Å². The van der Waals surface area contributed by atoms with Crippen molar-refractivity contribution in [3.8, 4) is 11.3 Å². The molecule has 0 aliphatic rings. The highest BCUT2D eigenvalue weighted by Gasteiger charge is 2.08. The van der Waals surface area contributed by atoms with Crippen molar-refractivity contribution in [3.63, 3.8) is 0 Å². The van der Waals surface area contributed by atoms with Crippen LogP contribution in [-0.4, -0.2) is 4.98 Å². The number of benzene rings is 1. The smallest absolute Gasteiger partial charge is 0.161 e. The monoisotopic (exact) mass is 288 g/mol. The standard InChI is InChI=1S/C9H6BrClN2S/c10-9-13-7(8(12)14-9)5-1-3-6(11)4-2-5/h1-4H,12H2. The van der Waals surface area contributed by atoms with Gasteiger partial charge in [0.1, 0.15) is 10.7 Å². The Morgan fingerprint density at radius 1 is 1.29 bits per heavy atom. The molecule has 0 bridgehead atoms. The molecule has 2 N–H and O–H groups in total. The molecule has 0 aliphatic heterocycles. The third-order valence-electron chi connectivity index (χ3n) is 1.74. The minimum absolute atomic E-state index is 0.708. The van der Waals surface area contributed by atoms with E-state index in [2.05, 4.69) is 20.9 Å². The maximum Gasteiger partial charge on any atom is 0.161 e. The van der Waals surface area contributed by atoms with Crippen molar-refractivity contribution >= 4 is 43.9 Å². The first-order valence-corrected chi connectivity index (χ1v) is 5.83. The van der Waals surface area contributed by atoms with Gasteiger partial charge >= 0.3 is 0 Å². The Bertz CT molecular complexity index is 452. The topological polar surface area (TPSA) is 38.9 Å². The van der Waals surface area contributed by atoms with Crippen LogP contribution < -0.4 is 5.73 Å². The van der Waals surface area contributed by atoms with Crippen molar-refractivity contribution in [2.75, 3.05) is 5.73 Å². The zero-order valence-corrected chi connectivity index (χ0v) is 10.2. The van der Waals surface area contributed by atoms with Crippen molar-refractivity contribution in [2.24, 2.45) is 0 Å². The fourth-order valence-corrected chi connectivity index (χ4v) is 2.52. The summed E-state index contributed by atoms with van der Waals surface area (Å²) in [6.07, 6.45) is 0. The largest absolute Gasteiger partial charge is 0.389 e. The fourth-order valence-electron chi connectivity index (χ4n) is 1.12. The van der Waals surface area contributed by atoms with Crippen molar-refractivity contribution < 1.29 is 0 Å². The normalized spacial score (nSPS) is 10.4. The molecule has 0 saturated carbocycles. The van der Waals surface area contributed by atoms with E-state index in [-0.39, 0.29) is 0 Å². The zero-order chi connectivity index (χ0) is 10.1. The van der Waals surface area contributed by atoms with Crippen LogP contribution in [0.1, 0.15) is 0 Å². The van der Waals surface area contributed by atoms with Crippen LogP contribution in [0, 0.1) is 0 Å². The van der Waals surface area contributed by atoms with Gasteiger partial charge in [-0.15, -0.1) is 0 Å². The summed E-state index contributed by atoms with van der Waals surface area (Å²) in [7, 11) is 0. The molecule has 0 atom stereocenters. The maximum absolute atomic E-state index is 5.80. The Kier molecular flexibility index (Phi) is 2.76. The molecule has 0 saturated heterocycles. The molecule has 0 amide bonds. The summed E-state index contributed by atoms with van der Waals surface area (Å²) in [6.45, 7) is 0. The zero-order valence-electron chi connectivity index (χ0n) is 7.00. The third kappa shape index (κ3) is 1.92. The van der Waals surface area contributed by atoms with Gasteiger partial charge in [0.05, 0.1) is 0 Å². The van der Waals surface area contributed by atoms with E-state index in [1.165, 1.54) is 11.3 Å². The first-order chi connectivity index (χ1) is 6.66. The number of rotatable bonds is 1. The van der Waals surface area contributed by atoms with Crippen molar-refractivity contribution in [1.82, 2.24) is 4.98 Å². The fraction of sp³-hybridized carbons (Fsp3) is 0. The molecule has 1 aromatic carbocycles. The van der Waals surface area contributed by atoms with E-state index in [1.807, 2.05) is 24.3 Å². The van der Waals surface area contributed by atoms with Gasteiger partial charge in [-0.2, -0.15) is 0 Å². The average molecular weight is 290 g/mol. The van der Waals surface area contributed by atoms with Gasteiger partial charge in [-0.25, -0.2) is 4.98 Å². The van der Waals surface area contributed by atoms with Crippen LogP contribution in [0.2, 0.25) is 5.02 Å². The number of nitrogens with two attached hydrogens (primary N) is 1. The van der Waals surface area contributed by atoms with E-state index in [0.29, 0.717) is 10.0 Å². The lowest BCUT2D eigenvalue weighted by atomic mass is 10.2. The van der Waals surface area contributed by atoms with Crippen LogP contribution in [0.25, 0.3) is 11.3 Å². The van der Waals surface area contributed by atoms with Crippen LogP contribution in [0.4, 0.5) is 5.00 Å². The first-order valence-electron chi connectivity index (χ1n) is 3.84. The summed E-state index contributed by atoms with van der Waals surface area (Å²) >= 11 is 10.5. The Morgan fingerprint density at radius 2 is 1.93 bits per heavy atom. The Balaban J connectivity index is 2.49. The first kappa shape index (κ1) is 9.96. The lowest BCUT2D eigenvalue weighted by molar-refractivity contribution is 1.37. The van der Waals surface area contributed by atoms with Gasteiger partial charge in [0, 0.05) is 10.6 Å². The van der Waals surface area contributed by atoms with E-state index in [1.54, 1.807) is 0 Å². The number of anilines is 1. The molecule has 1 heterocycles. The van der Waals surface area contributed by atoms with Gasteiger partial charge in [0.2, 0.25) is 0 Å². The molecule has 0 unspecified atom stereocenters. The molecule has 5 heteroatoms. The molecule has 2 rings (SSSR count). The number of hydrogen-bond acceptors (Lipinski definition) is 3. The van der Waals surface area contributed by atoms with Crippen LogP contribution in [0.5, 0.6) is 0 Å². The number of hydrogen-bond donors (Lipinski definition) is 1. The minimum atomic E-state index is 0.708. The molecule has 2 aromatic rings. The van der Waals surface area contributed by atoms with Crippen molar-refractivity contribution in [1.29, 1.82) is 0 Å². The Morgan fingerprint density at radius 3 is 2.43 bits per heavy atom. The van der Waals surface area contributed by atoms with Gasteiger partial charge in [-0.05, 0) is 28.1 Å². The second-order valence-electron chi connectivity index (χ2n) is 2.69. The number of thiazole rings is 1. The second kappa shape index (κ2) is 3.88. The summed E-state index contributed by atoms with van der Waals surface area (Å²) in [5.41, 5.74) is 7.59. The SMILES string of the molecule is Nc1sc(Br)nc1-c1ccc(Cl)cc1. The quantitative estimate of drug-likeness (QED) is 0.867. The number of nitrogen functional groups attached to an aromatic ring is 1. The highest BCUT2D eigenvalue weighted by atomic mass is 79.9. The molecule has 72 valence electrons. The summed E-state index contributed by atoms with van der Waals surface area (Å²) < 4.78 is 0.792. The molecule has 14 heavy (non-hydrogen) atoms. The minimum Gasteiger partial charge on any atom is -0.389 e. The Hall–Kier alpha value is -0.580. The molecule has 0 aliphatic carbocycles. The predicted molar refractivity (Wildman–Crippen MR) is 64.7 cm³/mol. The molecule has 0 radical (unpaired) electrons. The van der Waals surface area contributed by atoms with E-state index in [0.717, 1.165) is 15.2 Å². The molecule has 1 aromatic heterocycles. The van der Waals surface area contributed by atoms with E-state index < -0.39 is 0 Å². The van der Waals surface area contributed by atoms with Crippen LogP contribution in [0.3, 0.4) is 0 Å². The molecule has 0 spiro atoms. The highest BCUT2D eigenvalue weighted by molar-refractivity contribution is 9.11. The van der Waals surface area contributed by atoms with Gasteiger partial charge in [0.25, 0.3) is 0 Å². The van der Waals surface area contributed by atoms with E-state index >= 15 is 0 Å². The molecular formula is C9H6BrClN2S. The van der Waals surface area contributed by atoms with E-state index in [9.17, 15) is 0 Å². The predicted octanol–water partition coefficient (Wildman–Crippen LogP) is 3.81. The summed E-state index contributed by atoms with van der Waals surface area (Å²) in [6, 6.07) is 7.45. The number of halogens is 2. The molecular weight excluding hydrogens is 284 g/mol. The summed E-state index contributed by atoms with van der Waals surface area (Å²) in [4.78, 5) is 4.28. The molecule has 2 nitrogen and oxygen atoms in total. The average Bonchev–Trinajstić information content (AvgIpc) is 2.47. The van der Waals surface area contributed by atoms with Crippen LogP contribution in [-0.2, 0) is 0 Å².